The van der Waals surface area contributed by atoms with Crippen molar-refractivity contribution in [1.29, 1.82) is 0 Å². The summed E-state index contributed by atoms with van der Waals surface area (Å²) in [7, 11) is 0. The summed E-state index contributed by atoms with van der Waals surface area (Å²) in [5, 5.41) is 14.8. The van der Waals surface area contributed by atoms with E-state index in [0.717, 1.165) is 6.42 Å². The van der Waals surface area contributed by atoms with Crippen LogP contribution in [0.2, 0.25) is 5.02 Å². The Hall–Kier alpha value is -1.60. The molecule has 8 heteroatoms. The number of benzene rings is 1. The van der Waals surface area contributed by atoms with Crippen molar-refractivity contribution in [2.24, 2.45) is 11.0 Å². The number of amides is 1. The summed E-state index contributed by atoms with van der Waals surface area (Å²) in [4.78, 5) is 12.6. The minimum atomic E-state index is -5.01. The predicted molar refractivity (Wildman–Crippen MR) is 82.6 cm³/mol. The summed E-state index contributed by atoms with van der Waals surface area (Å²) in [6, 6.07) is 5.58. The van der Waals surface area contributed by atoms with Gasteiger partial charge in [-0.25, -0.2) is 0 Å². The Morgan fingerprint density at radius 2 is 2.08 bits per heavy atom. The molecular formula is C16H16ClF3N2O2. The van der Waals surface area contributed by atoms with Gasteiger partial charge in [0.1, 0.15) is 0 Å². The lowest BCUT2D eigenvalue weighted by Crippen LogP contribution is -2.61. The van der Waals surface area contributed by atoms with E-state index >= 15 is 0 Å². The number of carbonyl (C=O) groups excluding carboxylic acids is 1. The largest absolute Gasteiger partial charge is 0.439 e. The Bertz CT molecular complexity index is 692. The molecule has 1 aliphatic carbocycles. The second-order valence-corrected chi connectivity index (χ2v) is 6.53. The van der Waals surface area contributed by atoms with E-state index in [0.29, 0.717) is 19.3 Å². The molecule has 1 N–H and O–H groups in total. The summed E-state index contributed by atoms with van der Waals surface area (Å²) in [5.74, 6) is -2.24. The standard InChI is InChI=1S/C16H16ClF3N2O2/c17-11-6-4-5-10(9-11)14(23)22-15(24,16(18,19)20)12-7-2-1-3-8-13(12)21-22/h4-6,9,12,24H,1-3,7-8H2/t12-,15-/m1/s1. The smallest absolute Gasteiger partial charge is 0.362 e. The lowest BCUT2D eigenvalue weighted by atomic mass is 9.87. The molecule has 4 nitrogen and oxygen atoms in total. The molecule has 1 saturated carbocycles. The van der Waals surface area contributed by atoms with Crippen LogP contribution in [-0.2, 0) is 0 Å². The number of halogens is 4. The molecule has 1 fully saturated rings. The Morgan fingerprint density at radius 1 is 1.33 bits per heavy atom. The van der Waals surface area contributed by atoms with Crippen molar-refractivity contribution in [2.45, 2.75) is 44.0 Å². The number of hydrogen-bond donors (Lipinski definition) is 1. The quantitative estimate of drug-likeness (QED) is 0.823. The molecule has 24 heavy (non-hydrogen) atoms. The average molecular weight is 361 g/mol. The van der Waals surface area contributed by atoms with Gasteiger partial charge in [0.15, 0.2) is 0 Å². The normalized spacial score (nSPS) is 27.5. The fraction of sp³-hybridized carbons (Fsp3) is 0.500. The van der Waals surface area contributed by atoms with E-state index in [4.69, 9.17) is 11.6 Å². The fourth-order valence-electron chi connectivity index (χ4n) is 3.34. The molecule has 0 radical (unpaired) electrons. The summed E-state index contributed by atoms with van der Waals surface area (Å²) in [6.07, 6.45) is -2.48. The molecule has 130 valence electrons. The SMILES string of the molecule is O=C(c1cccc(Cl)c1)N1N=C2CCCCC[C@H]2[C@@]1(O)C(F)(F)F. The van der Waals surface area contributed by atoms with Crippen LogP contribution >= 0.6 is 11.6 Å². The van der Waals surface area contributed by atoms with Crippen LogP contribution in [0.5, 0.6) is 0 Å². The third kappa shape index (κ3) is 2.69. The van der Waals surface area contributed by atoms with E-state index in [1.165, 1.54) is 24.3 Å². The van der Waals surface area contributed by atoms with Gasteiger partial charge in [-0.3, -0.25) is 4.79 Å². The van der Waals surface area contributed by atoms with Crippen molar-refractivity contribution < 1.29 is 23.1 Å². The molecule has 3 rings (SSSR count). The van der Waals surface area contributed by atoms with E-state index in [1.54, 1.807) is 0 Å². The van der Waals surface area contributed by atoms with Crippen molar-refractivity contribution in [2.75, 3.05) is 0 Å². The Labute approximate surface area is 141 Å². The minimum Gasteiger partial charge on any atom is -0.362 e. The zero-order valence-electron chi connectivity index (χ0n) is 12.7. The monoisotopic (exact) mass is 360 g/mol. The van der Waals surface area contributed by atoms with Gasteiger partial charge in [0.25, 0.3) is 11.6 Å². The van der Waals surface area contributed by atoms with Gasteiger partial charge in [-0.15, -0.1) is 0 Å². The zero-order chi connectivity index (χ0) is 17.5. The molecule has 2 atom stereocenters. The molecule has 0 spiro atoms. The van der Waals surface area contributed by atoms with Crippen LogP contribution in [0.25, 0.3) is 0 Å². The summed E-state index contributed by atoms with van der Waals surface area (Å²) in [5.41, 5.74) is -3.12. The predicted octanol–water partition coefficient (Wildman–Crippen LogP) is 3.98. The van der Waals surface area contributed by atoms with Crippen LogP contribution in [0.4, 0.5) is 13.2 Å². The number of fused-ring (bicyclic) bond motifs is 1. The number of hydrogen-bond acceptors (Lipinski definition) is 3. The van der Waals surface area contributed by atoms with Gasteiger partial charge in [0.2, 0.25) is 0 Å². The first-order valence-corrected chi connectivity index (χ1v) is 8.09. The van der Waals surface area contributed by atoms with Gasteiger partial charge in [0.05, 0.1) is 5.92 Å². The molecule has 0 saturated heterocycles. The first-order chi connectivity index (χ1) is 11.2. The first-order valence-electron chi connectivity index (χ1n) is 7.71. The lowest BCUT2D eigenvalue weighted by molar-refractivity contribution is -0.312. The molecule has 0 unspecified atom stereocenters. The maximum absolute atomic E-state index is 13.7. The van der Waals surface area contributed by atoms with Crippen molar-refractivity contribution in [3.05, 3.63) is 34.9 Å². The maximum atomic E-state index is 13.7. The summed E-state index contributed by atoms with van der Waals surface area (Å²) < 4.78 is 41.1. The third-order valence-corrected chi connectivity index (χ3v) is 4.78. The Balaban J connectivity index is 2.05. The van der Waals surface area contributed by atoms with Gasteiger partial charge in [-0.1, -0.05) is 30.5 Å². The molecule has 1 heterocycles. The van der Waals surface area contributed by atoms with Crippen LogP contribution in [0.1, 0.15) is 42.5 Å². The van der Waals surface area contributed by atoms with Gasteiger partial charge in [0, 0.05) is 16.3 Å². The third-order valence-electron chi connectivity index (χ3n) is 4.55. The van der Waals surface area contributed by atoms with Crippen LogP contribution in [0.3, 0.4) is 0 Å². The molecular weight excluding hydrogens is 345 g/mol. The van der Waals surface area contributed by atoms with E-state index in [9.17, 15) is 23.1 Å². The minimum absolute atomic E-state index is 0.0500. The number of carbonyl (C=O) groups is 1. The van der Waals surface area contributed by atoms with E-state index in [1.807, 2.05) is 0 Å². The van der Waals surface area contributed by atoms with Crippen LogP contribution in [0.15, 0.2) is 29.4 Å². The highest BCUT2D eigenvalue weighted by molar-refractivity contribution is 6.31. The van der Waals surface area contributed by atoms with Gasteiger partial charge >= 0.3 is 6.18 Å². The number of nitrogens with zero attached hydrogens (tertiary/aromatic N) is 2. The van der Waals surface area contributed by atoms with Crippen LogP contribution in [0, 0.1) is 5.92 Å². The highest BCUT2D eigenvalue weighted by atomic mass is 35.5. The maximum Gasteiger partial charge on any atom is 0.439 e. The summed E-state index contributed by atoms with van der Waals surface area (Å²) >= 11 is 5.81. The Morgan fingerprint density at radius 3 is 2.75 bits per heavy atom. The molecule has 1 aromatic carbocycles. The number of aliphatic hydroxyl groups is 1. The van der Waals surface area contributed by atoms with E-state index < -0.39 is 23.7 Å². The van der Waals surface area contributed by atoms with Gasteiger partial charge < -0.3 is 5.11 Å². The highest BCUT2D eigenvalue weighted by Crippen LogP contribution is 2.48. The molecule has 1 aliphatic heterocycles. The zero-order valence-corrected chi connectivity index (χ0v) is 13.4. The topological polar surface area (TPSA) is 52.9 Å². The summed E-state index contributed by atoms with van der Waals surface area (Å²) in [6.45, 7) is 0. The second-order valence-electron chi connectivity index (χ2n) is 6.09. The van der Waals surface area contributed by atoms with Gasteiger partial charge in [-0.2, -0.15) is 23.3 Å². The van der Waals surface area contributed by atoms with Crippen molar-refractivity contribution in [3.8, 4) is 0 Å². The molecule has 1 aromatic rings. The van der Waals surface area contributed by atoms with Crippen molar-refractivity contribution >= 4 is 23.2 Å². The van der Waals surface area contributed by atoms with Crippen molar-refractivity contribution in [3.63, 3.8) is 0 Å². The molecule has 2 aliphatic rings. The van der Waals surface area contributed by atoms with Crippen molar-refractivity contribution in [1.82, 2.24) is 5.01 Å². The Kier molecular flexibility index (Phi) is 4.34. The average Bonchev–Trinajstić information content (AvgIpc) is 2.68. The van der Waals surface area contributed by atoms with E-state index in [-0.39, 0.29) is 27.7 Å². The molecule has 0 bridgehead atoms. The fourth-order valence-corrected chi connectivity index (χ4v) is 3.53. The molecule has 0 aromatic heterocycles. The molecule has 1 amide bonds. The van der Waals surface area contributed by atoms with Gasteiger partial charge in [-0.05, 0) is 37.5 Å². The van der Waals surface area contributed by atoms with Crippen LogP contribution in [-0.4, -0.2) is 33.6 Å². The number of hydrazone groups is 1. The first kappa shape index (κ1) is 17.2. The van der Waals surface area contributed by atoms with E-state index in [2.05, 4.69) is 5.10 Å². The lowest BCUT2D eigenvalue weighted by Gasteiger charge is -2.37. The number of alkyl halides is 3. The van der Waals surface area contributed by atoms with Crippen LogP contribution < -0.4 is 0 Å². The number of rotatable bonds is 1. The highest BCUT2D eigenvalue weighted by Gasteiger charge is 2.68. The second kappa shape index (κ2) is 6.04.